The molecule has 1 aromatic rings. The smallest absolute Gasteiger partial charge is 0.175 e. The maximum absolute atomic E-state index is 12.8. The van der Waals surface area contributed by atoms with Crippen LogP contribution in [0.2, 0.25) is 0 Å². The minimum atomic E-state index is -0.913. The predicted octanol–water partition coefficient (Wildman–Crippen LogP) is 2.12. The monoisotopic (exact) mass is 249 g/mol. The van der Waals surface area contributed by atoms with Crippen molar-refractivity contribution >= 4 is 27.4 Å². The molecule has 0 radical (unpaired) electrons. The van der Waals surface area contributed by atoms with Gasteiger partial charge in [0.05, 0.1) is 11.0 Å². The van der Waals surface area contributed by atoms with Crippen LogP contribution in [0.4, 0.5) is 14.5 Å². The third-order valence-electron chi connectivity index (χ3n) is 1.52. The van der Waals surface area contributed by atoms with Crippen molar-refractivity contribution < 1.29 is 13.6 Å². The summed E-state index contributed by atoms with van der Waals surface area (Å²) in [5, 5.41) is -0.0138. The number of Topliss-reactive ketones (excluding diaryl/α,β-unsaturated/α-hetero) is 1. The van der Waals surface area contributed by atoms with Crippen LogP contribution in [0, 0.1) is 11.6 Å². The lowest BCUT2D eigenvalue weighted by atomic mass is 10.1. The van der Waals surface area contributed by atoms with Crippen LogP contribution in [0.1, 0.15) is 10.4 Å². The van der Waals surface area contributed by atoms with E-state index in [1.807, 2.05) is 0 Å². The lowest BCUT2D eigenvalue weighted by Crippen LogP contribution is -2.07. The van der Waals surface area contributed by atoms with Gasteiger partial charge in [-0.15, -0.1) is 0 Å². The highest BCUT2D eigenvalue weighted by Crippen LogP contribution is 2.19. The molecular weight excluding hydrogens is 244 g/mol. The van der Waals surface area contributed by atoms with E-state index in [0.29, 0.717) is 6.07 Å². The summed E-state index contributed by atoms with van der Waals surface area (Å²) in [4.78, 5) is 11.1. The molecule has 0 fully saturated rings. The number of ketones is 1. The van der Waals surface area contributed by atoms with E-state index >= 15 is 0 Å². The predicted molar refractivity (Wildman–Crippen MR) is 48.9 cm³/mol. The minimum Gasteiger partial charge on any atom is -0.396 e. The second kappa shape index (κ2) is 3.83. The second-order valence-electron chi connectivity index (χ2n) is 2.41. The Balaban J connectivity index is 3.28. The summed E-state index contributed by atoms with van der Waals surface area (Å²) in [7, 11) is 0. The van der Waals surface area contributed by atoms with Crippen LogP contribution in [0.15, 0.2) is 12.1 Å². The van der Waals surface area contributed by atoms with E-state index in [1.54, 1.807) is 0 Å². The van der Waals surface area contributed by atoms with Gasteiger partial charge in [-0.1, -0.05) is 15.9 Å². The summed E-state index contributed by atoms with van der Waals surface area (Å²) in [5.41, 5.74) is 4.80. The lowest BCUT2D eigenvalue weighted by molar-refractivity contribution is 0.102. The molecule has 0 heterocycles. The van der Waals surface area contributed by atoms with Gasteiger partial charge >= 0.3 is 0 Å². The fourth-order valence-corrected chi connectivity index (χ4v) is 1.19. The maximum Gasteiger partial charge on any atom is 0.175 e. The zero-order chi connectivity index (χ0) is 10.0. The molecule has 13 heavy (non-hydrogen) atoms. The number of hydrogen-bond acceptors (Lipinski definition) is 2. The topological polar surface area (TPSA) is 43.1 Å². The van der Waals surface area contributed by atoms with Crippen molar-refractivity contribution in [2.24, 2.45) is 0 Å². The number of benzene rings is 1. The third-order valence-corrected chi connectivity index (χ3v) is 2.03. The molecule has 0 aromatic heterocycles. The standard InChI is InChI=1S/C8H6BrF2NO/c9-3-7(13)5-1-4(10)2-6(11)8(5)12/h1-2H,3,12H2. The average molecular weight is 250 g/mol. The number of nitrogens with two attached hydrogens (primary N) is 1. The van der Waals surface area contributed by atoms with Crippen LogP contribution in [0.25, 0.3) is 0 Å². The van der Waals surface area contributed by atoms with Crippen LogP contribution < -0.4 is 5.73 Å². The quantitative estimate of drug-likeness (QED) is 0.496. The molecule has 2 nitrogen and oxygen atoms in total. The van der Waals surface area contributed by atoms with E-state index in [9.17, 15) is 13.6 Å². The number of nitrogen functional groups attached to an aromatic ring is 1. The lowest BCUT2D eigenvalue weighted by Gasteiger charge is -2.03. The number of rotatable bonds is 2. The van der Waals surface area contributed by atoms with E-state index in [4.69, 9.17) is 5.73 Å². The molecule has 1 aromatic carbocycles. The Morgan fingerprint density at radius 2 is 2.08 bits per heavy atom. The van der Waals surface area contributed by atoms with Gasteiger partial charge in [-0.3, -0.25) is 4.79 Å². The molecule has 0 unspecified atom stereocenters. The summed E-state index contributed by atoms with van der Waals surface area (Å²) >= 11 is 2.88. The van der Waals surface area contributed by atoms with E-state index in [2.05, 4.69) is 15.9 Å². The molecule has 0 atom stereocenters. The van der Waals surface area contributed by atoms with Crippen molar-refractivity contribution in [2.75, 3.05) is 11.1 Å². The Kier molecular flexibility index (Phi) is 2.98. The van der Waals surface area contributed by atoms with Crippen molar-refractivity contribution in [3.05, 3.63) is 29.3 Å². The molecule has 0 saturated carbocycles. The zero-order valence-corrected chi connectivity index (χ0v) is 8.07. The summed E-state index contributed by atoms with van der Waals surface area (Å²) < 4.78 is 25.4. The maximum atomic E-state index is 12.8. The molecule has 2 N–H and O–H groups in total. The van der Waals surface area contributed by atoms with Gasteiger partial charge in [-0.25, -0.2) is 8.78 Å². The number of anilines is 1. The van der Waals surface area contributed by atoms with Crippen LogP contribution >= 0.6 is 15.9 Å². The van der Waals surface area contributed by atoms with Crippen LogP contribution in [0.5, 0.6) is 0 Å². The minimum absolute atomic E-state index is 0.0138. The molecular formula is C8H6BrF2NO. The fourth-order valence-electron chi connectivity index (χ4n) is 0.887. The van der Waals surface area contributed by atoms with Crippen molar-refractivity contribution in [1.29, 1.82) is 0 Å². The SMILES string of the molecule is Nc1c(F)cc(F)cc1C(=O)CBr. The van der Waals surface area contributed by atoms with Gasteiger partial charge in [0.25, 0.3) is 0 Å². The molecule has 0 spiro atoms. The number of carbonyl (C=O) groups excluding carboxylic acids is 1. The highest BCUT2D eigenvalue weighted by atomic mass is 79.9. The van der Waals surface area contributed by atoms with Crippen LogP contribution in [-0.2, 0) is 0 Å². The van der Waals surface area contributed by atoms with Crippen LogP contribution in [-0.4, -0.2) is 11.1 Å². The Labute approximate surface area is 81.9 Å². The Bertz CT molecular complexity index is 354. The Hall–Kier alpha value is -0.970. The molecule has 0 aliphatic rings. The Morgan fingerprint density at radius 3 is 2.62 bits per heavy atom. The third kappa shape index (κ3) is 2.03. The van der Waals surface area contributed by atoms with E-state index in [1.165, 1.54) is 0 Å². The van der Waals surface area contributed by atoms with Gasteiger partial charge in [0.2, 0.25) is 0 Å². The van der Waals surface area contributed by atoms with Crippen molar-refractivity contribution in [3.63, 3.8) is 0 Å². The molecule has 5 heteroatoms. The van der Waals surface area contributed by atoms with Crippen molar-refractivity contribution in [1.82, 2.24) is 0 Å². The zero-order valence-electron chi connectivity index (χ0n) is 6.48. The van der Waals surface area contributed by atoms with Gasteiger partial charge in [-0.2, -0.15) is 0 Å². The normalized spacial score (nSPS) is 10.1. The second-order valence-corrected chi connectivity index (χ2v) is 2.97. The van der Waals surface area contributed by atoms with Crippen LogP contribution in [0.3, 0.4) is 0 Å². The van der Waals surface area contributed by atoms with Gasteiger partial charge in [0.1, 0.15) is 11.6 Å². The first-order valence-corrected chi connectivity index (χ1v) is 4.52. The molecule has 0 bridgehead atoms. The highest BCUT2D eigenvalue weighted by Gasteiger charge is 2.13. The summed E-state index contributed by atoms with van der Waals surface area (Å²) in [5.74, 6) is -2.17. The largest absolute Gasteiger partial charge is 0.396 e. The first-order chi connectivity index (χ1) is 6.06. The molecule has 0 aliphatic carbocycles. The Morgan fingerprint density at radius 1 is 1.46 bits per heavy atom. The molecule has 0 amide bonds. The summed E-state index contributed by atoms with van der Waals surface area (Å²) in [6, 6.07) is 1.56. The number of carbonyl (C=O) groups is 1. The van der Waals surface area contributed by atoms with Gasteiger partial charge in [-0.05, 0) is 6.07 Å². The van der Waals surface area contributed by atoms with Gasteiger partial charge in [0, 0.05) is 11.6 Å². The summed E-state index contributed by atoms with van der Waals surface area (Å²) in [6.07, 6.45) is 0. The summed E-state index contributed by atoms with van der Waals surface area (Å²) in [6.45, 7) is 0. The average Bonchev–Trinajstić information content (AvgIpc) is 2.10. The molecule has 1 rings (SSSR count). The van der Waals surface area contributed by atoms with E-state index < -0.39 is 17.4 Å². The van der Waals surface area contributed by atoms with Crippen molar-refractivity contribution in [3.8, 4) is 0 Å². The van der Waals surface area contributed by atoms with Gasteiger partial charge in [0.15, 0.2) is 5.78 Å². The number of alkyl halides is 1. The molecule has 0 saturated heterocycles. The number of halogens is 3. The highest BCUT2D eigenvalue weighted by molar-refractivity contribution is 9.09. The first kappa shape index (κ1) is 10.1. The van der Waals surface area contributed by atoms with Crippen molar-refractivity contribution in [2.45, 2.75) is 0 Å². The number of hydrogen-bond donors (Lipinski definition) is 1. The first-order valence-electron chi connectivity index (χ1n) is 3.40. The van der Waals surface area contributed by atoms with Gasteiger partial charge < -0.3 is 5.73 Å². The molecule has 70 valence electrons. The fraction of sp³-hybridized carbons (Fsp3) is 0.125. The molecule has 0 aliphatic heterocycles. The van der Waals surface area contributed by atoms with E-state index in [0.717, 1.165) is 6.07 Å². The van der Waals surface area contributed by atoms with E-state index in [-0.39, 0.29) is 16.6 Å².